The molecule has 0 aliphatic carbocycles. The number of aliphatic imine (C=N–C) groups is 1. The Morgan fingerprint density at radius 3 is 2.81 bits per heavy atom. The van der Waals surface area contributed by atoms with Crippen LogP contribution in [-0.2, 0) is 7.05 Å². The van der Waals surface area contributed by atoms with E-state index in [-0.39, 0.29) is 0 Å². The van der Waals surface area contributed by atoms with Gasteiger partial charge in [-0.25, -0.2) is 4.98 Å². The van der Waals surface area contributed by atoms with Crippen LogP contribution < -0.4 is 10.7 Å². The summed E-state index contributed by atoms with van der Waals surface area (Å²) in [6, 6.07) is 0. The maximum absolute atomic E-state index is 4.36. The Balaban J connectivity index is 3.31. The van der Waals surface area contributed by atoms with Crippen molar-refractivity contribution >= 4 is 17.9 Å². The SMILES string of the molecule is CC=c1ncn(C)/c1=C/C(=NC)C(C)CC. The summed E-state index contributed by atoms with van der Waals surface area (Å²) in [5.41, 5.74) is 1.13. The zero-order valence-electron chi connectivity index (χ0n) is 10.9. The van der Waals surface area contributed by atoms with E-state index in [1.807, 2.05) is 38.0 Å². The Hall–Kier alpha value is -1.38. The van der Waals surface area contributed by atoms with Crippen LogP contribution in [0.4, 0.5) is 0 Å². The minimum Gasteiger partial charge on any atom is -0.334 e. The van der Waals surface area contributed by atoms with Gasteiger partial charge in [-0.15, -0.1) is 0 Å². The Labute approximate surface area is 97.2 Å². The predicted molar refractivity (Wildman–Crippen MR) is 69.9 cm³/mol. The molecule has 88 valence electrons. The molecule has 1 heterocycles. The fraction of sp³-hybridized carbons (Fsp3) is 0.538. The van der Waals surface area contributed by atoms with Crippen molar-refractivity contribution in [2.45, 2.75) is 27.2 Å². The van der Waals surface area contributed by atoms with Crippen LogP contribution in [0.15, 0.2) is 11.3 Å². The van der Waals surface area contributed by atoms with E-state index in [1.165, 1.54) is 0 Å². The molecule has 0 spiro atoms. The summed E-state index contributed by atoms with van der Waals surface area (Å²) in [4.78, 5) is 8.68. The Bertz CT molecular complexity index is 480. The minimum absolute atomic E-state index is 0.490. The van der Waals surface area contributed by atoms with Crippen molar-refractivity contribution in [2.75, 3.05) is 7.05 Å². The third-order valence-corrected chi connectivity index (χ3v) is 2.95. The first-order valence-electron chi connectivity index (χ1n) is 5.76. The highest BCUT2D eigenvalue weighted by atomic mass is 15.0. The first-order valence-corrected chi connectivity index (χ1v) is 5.76. The highest BCUT2D eigenvalue weighted by molar-refractivity contribution is 6.11. The third kappa shape index (κ3) is 2.60. The van der Waals surface area contributed by atoms with Crippen molar-refractivity contribution < 1.29 is 0 Å². The molecule has 0 saturated carbocycles. The van der Waals surface area contributed by atoms with Crippen LogP contribution in [0, 0.1) is 5.92 Å². The number of aryl methyl sites for hydroxylation is 1. The van der Waals surface area contributed by atoms with Gasteiger partial charge in [0, 0.05) is 19.8 Å². The molecule has 0 fully saturated rings. The molecule has 3 nitrogen and oxygen atoms in total. The highest BCUT2D eigenvalue weighted by Crippen LogP contribution is 2.04. The van der Waals surface area contributed by atoms with E-state index in [4.69, 9.17) is 0 Å². The second kappa shape index (κ2) is 5.64. The van der Waals surface area contributed by atoms with Crippen LogP contribution >= 0.6 is 0 Å². The molecule has 1 unspecified atom stereocenters. The topological polar surface area (TPSA) is 30.2 Å². The van der Waals surface area contributed by atoms with Crippen LogP contribution in [0.1, 0.15) is 27.2 Å². The lowest BCUT2D eigenvalue weighted by Gasteiger charge is -2.07. The lowest BCUT2D eigenvalue weighted by molar-refractivity contribution is 0.743. The van der Waals surface area contributed by atoms with E-state index >= 15 is 0 Å². The number of rotatable bonds is 3. The maximum Gasteiger partial charge on any atom is 0.0955 e. The van der Waals surface area contributed by atoms with Gasteiger partial charge in [-0.05, 0) is 25.3 Å². The number of hydrogen-bond acceptors (Lipinski definition) is 2. The van der Waals surface area contributed by atoms with Gasteiger partial charge in [0.2, 0.25) is 0 Å². The monoisotopic (exact) mass is 219 g/mol. The number of imidazole rings is 1. The first kappa shape index (κ1) is 12.7. The van der Waals surface area contributed by atoms with Crippen molar-refractivity contribution in [3.63, 3.8) is 0 Å². The second-order valence-electron chi connectivity index (χ2n) is 4.02. The first-order chi connectivity index (χ1) is 7.63. The standard InChI is InChI=1S/C13H21N3/c1-6-10(3)12(14-4)8-13-11(7-2)15-9-16(13)5/h7-10H,6H2,1-5H3/b11-7?,13-8+,14-12?. The van der Waals surface area contributed by atoms with Crippen molar-refractivity contribution in [1.29, 1.82) is 0 Å². The predicted octanol–water partition coefficient (Wildman–Crippen LogP) is 1.12. The quantitative estimate of drug-likeness (QED) is 0.701. The summed E-state index contributed by atoms with van der Waals surface area (Å²) >= 11 is 0. The van der Waals surface area contributed by atoms with Crippen molar-refractivity contribution in [3.05, 3.63) is 17.0 Å². The van der Waals surface area contributed by atoms with E-state index in [0.29, 0.717) is 5.92 Å². The highest BCUT2D eigenvalue weighted by Gasteiger charge is 2.05. The number of aromatic nitrogens is 2. The molecule has 1 rings (SSSR count). The number of hydrogen-bond donors (Lipinski definition) is 0. The average molecular weight is 219 g/mol. The summed E-state index contributed by atoms with van der Waals surface area (Å²) in [6.45, 7) is 6.38. The van der Waals surface area contributed by atoms with Crippen molar-refractivity contribution in [3.8, 4) is 0 Å². The summed E-state index contributed by atoms with van der Waals surface area (Å²) in [5, 5.41) is 2.15. The zero-order chi connectivity index (χ0) is 12.1. The van der Waals surface area contributed by atoms with Gasteiger partial charge in [0.15, 0.2) is 0 Å². The molecule has 0 N–H and O–H groups in total. The lowest BCUT2D eigenvalue weighted by atomic mass is 10.0. The Morgan fingerprint density at radius 2 is 2.31 bits per heavy atom. The molecular formula is C13H21N3. The Morgan fingerprint density at radius 1 is 1.62 bits per heavy atom. The molecule has 0 amide bonds. The lowest BCUT2D eigenvalue weighted by Crippen LogP contribution is -2.30. The molecule has 1 atom stereocenters. The van der Waals surface area contributed by atoms with Crippen molar-refractivity contribution in [1.82, 2.24) is 9.55 Å². The minimum atomic E-state index is 0.490. The van der Waals surface area contributed by atoms with E-state index in [1.54, 1.807) is 0 Å². The van der Waals surface area contributed by atoms with Gasteiger partial charge in [0.25, 0.3) is 0 Å². The summed E-state index contributed by atoms with van der Waals surface area (Å²) in [5.74, 6) is 0.490. The smallest absolute Gasteiger partial charge is 0.0955 e. The molecule has 16 heavy (non-hydrogen) atoms. The molecular weight excluding hydrogens is 198 g/mol. The largest absolute Gasteiger partial charge is 0.334 e. The normalized spacial score (nSPS) is 16.9. The molecule has 1 aromatic heterocycles. The summed E-state index contributed by atoms with van der Waals surface area (Å²) in [6.07, 6.45) is 7.10. The number of nitrogens with zero attached hydrogens (tertiary/aromatic N) is 3. The molecule has 1 aromatic rings. The van der Waals surface area contributed by atoms with E-state index in [0.717, 1.165) is 22.8 Å². The molecule has 0 saturated heterocycles. The Kier molecular flexibility index (Phi) is 4.47. The van der Waals surface area contributed by atoms with Crippen LogP contribution in [0.3, 0.4) is 0 Å². The second-order valence-corrected chi connectivity index (χ2v) is 4.02. The molecule has 0 aliphatic heterocycles. The fourth-order valence-corrected chi connectivity index (χ4v) is 1.63. The maximum atomic E-state index is 4.36. The van der Waals surface area contributed by atoms with Gasteiger partial charge in [-0.3, -0.25) is 4.99 Å². The van der Waals surface area contributed by atoms with Gasteiger partial charge in [-0.1, -0.05) is 19.9 Å². The molecule has 0 aromatic carbocycles. The average Bonchev–Trinajstić information content (AvgIpc) is 2.66. The molecule has 0 aliphatic rings. The zero-order valence-corrected chi connectivity index (χ0v) is 10.9. The molecule has 0 bridgehead atoms. The van der Waals surface area contributed by atoms with Gasteiger partial charge in [0.05, 0.1) is 17.0 Å². The van der Waals surface area contributed by atoms with Crippen molar-refractivity contribution in [2.24, 2.45) is 18.0 Å². The summed E-state index contributed by atoms with van der Waals surface area (Å²) < 4.78 is 2.03. The van der Waals surface area contributed by atoms with Gasteiger partial charge >= 0.3 is 0 Å². The summed E-state index contributed by atoms with van der Waals surface area (Å²) in [7, 11) is 3.86. The van der Waals surface area contributed by atoms with Gasteiger partial charge in [0.1, 0.15) is 0 Å². The van der Waals surface area contributed by atoms with Crippen LogP contribution in [0.5, 0.6) is 0 Å². The fourth-order valence-electron chi connectivity index (χ4n) is 1.63. The molecule has 3 heteroatoms. The van der Waals surface area contributed by atoms with Crippen LogP contribution in [0.25, 0.3) is 12.2 Å². The molecule has 0 radical (unpaired) electrons. The van der Waals surface area contributed by atoms with E-state index < -0.39 is 0 Å². The van der Waals surface area contributed by atoms with E-state index in [9.17, 15) is 0 Å². The van der Waals surface area contributed by atoms with Gasteiger partial charge in [-0.2, -0.15) is 0 Å². The van der Waals surface area contributed by atoms with Gasteiger partial charge < -0.3 is 4.57 Å². The van der Waals surface area contributed by atoms with Crippen LogP contribution in [-0.4, -0.2) is 22.3 Å². The third-order valence-electron chi connectivity index (χ3n) is 2.95. The van der Waals surface area contributed by atoms with Crippen LogP contribution in [0.2, 0.25) is 0 Å². The van der Waals surface area contributed by atoms with E-state index in [2.05, 4.69) is 29.9 Å².